The first kappa shape index (κ1) is 23.5. The third kappa shape index (κ3) is 11.1. The summed E-state index contributed by atoms with van der Waals surface area (Å²) in [4.78, 5) is 19.0. The van der Waals surface area contributed by atoms with Crippen LogP contribution in [0.4, 0.5) is 0 Å². The molecule has 2 N–H and O–H groups in total. The summed E-state index contributed by atoms with van der Waals surface area (Å²) in [5, 5.41) is 8.72. The van der Waals surface area contributed by atoms with Crippen LogP contribution in [-0.4, -0.2) is 62.5 Å². The highest BCUT2D eigenvalue weighted by atomic mass is 127. The number of hydrogen-bond donors (Lipinski definition) is 2. The number of halogens is 1. The first-order chi connectivity index (χ1) is 11.1. The Kier molecular flexibility index (Phi) is 14.5. The summed E-state index contributed by atoms with van der Waals surface area (Å²) in [5.74, 6) is 1.91. The van der Waals surface area contributed by atoms with Crippen LogP contribution in [0.5, 0.6) is 0 Å². The van der Waals surface area contributed by atoms with Gasteiger partial charge in [-0.3, -0.25) is 4.79 Å². The van der Waals surface area contributed by atoms with E-state index in [2.05, 4.69) is 39.4 Å². The predicted molar refractivity (Wildman–Crippen MR) is 118 cm³/mol. The Balaban J connectivity index is 0.00000529. The van der Waals surface area contributed by atoms with E-state index in [4.69, 9.17) is 0 Å². The zero-order valence-electron chi connectivity index (χ0n) is 14.7. The molecule has 0 spiro atoms. The zero-order valence-corrected chi connectivity index (χ0v) is 18.7. The summed E-state index contributed by atoms with van der Waals surface area (Å²) in [6.07, 6.45) is 5.38. The van der Waals surface area contributed by atoms with Gasteiger partial charge >= 0.3 is 0 Å². The average Bonchev–Trinajstić information content (AvgIpc) is 3.04. The number of rotatable bonds is 10. The number of unbranched alkanes of at least 4 members (excludes halogenated alkanes) is 1. The van der Waals surface area contributed by atoms with E-state index in [1.807, 2.05) is 11.8 Å². The smallest absolute Gasteiger partial charge is 0.243 e. The molecule has 0 saturated carbocycles. The Morgan fingerprint density at radius 3 is 2.67 bits per heavy atom. The van der Waals surface area contributed by atoms with Crippen LogP contribution in [0.15, 0.2) is 22.5 Å². The average molecular weight is 484 g/mol. The second kappa shape index (κ2) is 14.8. The standard InChI is InChI=1S/C16H28N4OS2.HI/c1-20(2)15(21)13-19-16(17-9-4-5-11-22-3)18-10-8-14-7-6-12-23-14;/h6-7,12H,4-5,8-11,13H2,1-3H3,(H2,17,18,19);1H. The van der Waals surface area contributed by atoms with Crippen LogP contribution in [0, 0.1) is 0 Å². The van der Waals surface area contributed by atoms with Gasteiger partial charge in [-0.2, -0.15) is 11.8 Å². The van der Waals surface area contributed by atoms with Gasteiger partial charge in [-0.1, -0.05) is 6.07 Å². The number of carbonyl (C=O) groups excluding carboxylic acids is 1. The lowest BCUT2D eigenvalue weighted by Crippen LogP contribution is -2.40. The van der Waals surface area contributed by atoms with Gasteiger partial charge in [0.1, 0.15) is 6.54 Å². The molecule has 0 aliphatic rings. The number of nitrogens with one attached hydrogen (secondary N) is 2. The Morgan fingerprint density at radius 2 is 2.04 bits per heavy atom. The van der Waals surface area contributed by atoms with Crippen LogP contribution >= 0.6 is 47.1 Å². The SMILES string of the molecule is CSCCCCNC(=NCC(=O)N(C)C)NCCc1cccs1.I. The maximum absolute atomic E-state index is 11.7. The van der Waals surface area contributed by atoms with E-state index in [9.17, 15) is 4.79 Å². The number of carbonyl (C=O) groups is 1. The first-order valence-corrected chi connectivity index (χ1v) is 10.1. The number of guanidine groups is 1. The van der Waals surface area contributed by atoms with E-state index < -0.39 is 0 Å². The summed E-state index contributed by atoms with van der Waals surface area (Å²) < 4.78 is 0. The van der Waals surface area contributed by atoms with Crippen LogP contribution in [0.25, 0.3) is 0 Å². The molecule has 0 aliphatic carbocycles. The third-order valence-electron chi connectivity index (χ3n) is 3.18. The molecule has 0 radical (unpaired) electrons. The number of aliphatic imine (C=N–C) groups is 1. The van der Waals surface area contributed by atoms with Crippen molar-refractivity contribution in [1.82, 2.24) is 15.5 Å². The summed E-state index contributed by atoms with van der Waals surface area (Å²) in [6, 6.07) is 4.20. The Morgan fingerprint density at radius 1 is 1.29 bits per heavy atom. The minimum atomic E-state index is 0. The van der Waals surface area contributed by atoms with E-state index in [1.165, 1.54) is 17.1 Å². The summed E-state index contributed by atoms with van der Waals surface area (Å²) in [7, 11) is 3.50. The second-order valence-electron chi connectivity index (χ2n) is 5.34. The van der Waals surface area contributed by atoms with Gasteiger partial charge in [-0.15, -0.1) is 35.3 Å². The molecular weight excluding hydrogens is 455 g/mol. The first-order valence-electron chi connectivity index (χ1n) is 7.87. The highest BCUT2D eigenvalue weighted by Gasteiger charge is 2.04. The summed E-state index contributed by atoms with van der Waals surface area (Å²) >= 11 is 3.63. The van der Waals surface area contributed by atoms with Crippen molar-refractivity contribution < 1.29 is 4.79 Å². The third-order valence-corrected chi connectivity index (χ3v) is 4.82. The van der Waals surface area contributed by atoms with E-state index in [1.54, 1.807) is 30.3 Å². The van der Waals surface area contributed by atoms with Crippen molar-refractivity contribution >= 4 is 58.9 Å². The molecule has 138 valence electrons. The van der Waals surface area contributed by atoms with Crippen molar-refractivity contribution in [2.75, 3.05) is 45.7 Å². The minimum Gasteiger partial charge on any atom is -0.356 e. The molecule has 0 aromatic carbocycles. The van der Waals surface area contributed by atoms with Gasteiger partial charge in [0.15, 0.2) is 5.96 Å². The Labute approximate surface area is 171 Å². The monoisotopic (exact) mass is 484 g/mol. The molecule has 0 saturated heterocycles. The van der Waals surface area contributed by atoms with Crippen molar-refractivity contribution in [2.24, 2.45) is 4.99 Å². The van der Waals surface area contributed by atoms with E-state index in [-0.39, 0.29) is 36.4 Å². The van der Waals surface area contributed by atoms with Crippen LogP contribution in [0.3, 0.4) is 0 Å². The fourth-order valence-corrected chi connectivity index (χ4v) is 3.00. The number of thiophene rings is 1. The molecule has 24 heavy (non-hydrogen) atoms. The highest BCUT2D eigenvalue weighted by Crippen LogP contribution is 2.07. The lowest BCUT2D eigenvalue weighted by Gasteiger charge is -2.13. The molecule has 0 unspecified atom stereocenters. The second-order valence-corrected chi connectivity index (χ2v) is 7.35. The largest absolute Gasteiger partial charge is 0.356 e. The lowest BCUT2D eigenvalue weighted by molar-refractivity contribution is -0.127. The van der Waals surface area contributed by atoms with Crippen molar-refractivity contribution in [1.29, 1.82) is 0 Å². The van der Waals surface area contributed by atoms with Crippen molar-refractivity contribution in [2.45, 2.75) is 19.3 Å². The van der Waals surface area contributed by atoms with Crippen molar-refractivity contribution in [3.8, 4) is 0 Å². The number of hydrogen-bond acceptors (Lipinski definition) is 4. The predicted octanol–water partition coefficient (Wildman–Crippen LogP) is 2.68. The van der Waals surface area contributed by atoms with E-state index in [0.717, 1.165) is 31.9 Å². The van der Waals surface area contributed by atoms with Gasteiger partial charge in [0.05, 0.1) is 0 Å². The molecule has 1 amide bonds. The van der Waals surface area contributed by atoms with Gasteiger partial charge in [-0.25, -0.2) is 4.99 Å². The van der Waals surface area contributed by atoms with Crippen LogP contribution in [-0.2, 0) is 11.2 Å². The van der Waals surface area contributed by atoms with Crippen molar-refractivity contribution in [3.05, 3.63) is 22.4 Å². The van der Waals surface area contributed by atoms with Gasteiger partial charge in [-0.05, 0) is 42.7 Å². The lowest BCUT2D eigenvalue weighted by atomic mass is 10.3. The molecular formula is C16H29IN4OS2. The fraction of sp³-hybridized carbons (Fsp3) is 0.625. The summed E-state index contributed by atoms with van der Waals surface area (Å²) in [5.41, 5.74) is 0. The molecule has 0 fully saturated rings. The van der Waals surface area contributed by atoms with Crippen LogP contribution in [0.2, 0.25) is 0 Å². The van der Waals surface area contributed by atoms with Gasteiger partial charge in [0.25, 0.3) is 0 Å². The fourth-order valence-electron chi connectivity index (χ4n) is 1.80. The molecule has 0 bridgehead atoms. The van der Waals surface area contributed by atoms with Gasteiger partial charge in [0, 0.05) is 32.1 Å². The molecule has 1 rings (SSSR count). The number of thioether (sulfide) groups is 1. The van der Waals surface area contributed by atoms with Crippen molar-refractivity contribution in [3.63, 3.8) is 0 Å². The Hall–Kier alpha value is -0.480. The summed E-state index contributed by atoms with van der Waals surface area (Å²) in [6.45, 7) is 1.86. The quantitative estimate of drug-likeness (QED) is 0.232. The zero-order chi connectivity index (χ0) is 16.9. The Bertz CT molecular complexity index is 467. The topological polar surface area (TPSA) is 56.7 Å². The van der Waals surface area contributed by atoms with Crippen LogP contribution in [0.1, 0.15) is 17.7 Å². The molecule has 0 aliphatic heterocycles. The molecule has 1 aromatic rings. The normalized spacial score (nSPS) is 10.9. The number of likely N-dealkylation sites (N-methyl/N-ethyl adjacent to an activating group) is 1. The maximum Gasteiger partial charge on any atom is 0.243 e. The number of nitrogens with zero attached hydrogens (tertiary/aromatic N) is 2. The molecule has 0 atom stereocenters. The van der Waals surface area contributed by atoms with E-state index >= 15 is 0 Å². The molecule has 5 nitrogen and oxygen atoms in total. The highest BCUT2D eigenvalue weighted by molar-refractivity contribution is 14.0. The minimum absolute atomic E-state index is 0. The van der Waals surface area contributed by atoms with Crippen LogP contribution < -0.4 is 10.6 Å². The molecule has 1 heterocycles. The van der Waals surface area contributed by atoms with Gasteiger partial charge < -0.3 is 15.5 Å². The van der Waals surface area contributed by atoms with E-state index in [0.29, 0.717) is 0 Å². The number of amides is 1. The molecule has 8 heteroatoms. The van der Waals surface area contributed by atoms with Gasteiger partial charge in [0.2, 0.25) is 5.91 Å². The molecule has 1 aromatic heterocycles. The maximum atomic E-state index is 11.7.